The number of guanidine groups is 1. The summed E-state index contributed by atoms with van der Waals surface area (Å²) in [6.45, 7) is 7.74. The Morgan fingerprint density at radius 3 is 3.14 bits per heavy atom. The first kappa shape index (κ1) is 21.0. The van der Waals surface area contributed by atoms with Crippen LogP contribution in [0.3, 0.4) is 0 Å². The van der Waals surface area contributed by atoms with E-state index in [4.69, 9.17) is 21.1 Å². The Morgan fingerprint density at radius 1 is 1.39 bits per heavy atom. The SMILES string of the molecule is CCNC(=NCCCOCC1CCOC1)NCCc1c[nH]c2ccc(Cl)cc12. The van der Waals surface area contributed by atoms with Gasteiger partial charge in [-0.15, -0.1) is 0 Å². The maximum absolute atomic E-state index is 6.13. The second kappa shape index (κ2) is 11.3. The summed E-state index contributed by atoms with van der Waals surface area (Å²) >= 11 is 6.13. The lowest BCUT2D eigenvalue weighted by molar-refractivity contribution is 0.0893. The maximum atomic E-state index is 6.13. The van der Waals surface area contributed by atoms with E-state index in [9.17, 15) is 0 Å². The van der Waals surface area contributed by atoms with E-state index < -0.39 is 0 Å². The minimum Gasteiger partial charge on any atom is -0.381 e. The number of rotatable bonds is 10. The molecule has 1 aromatic carbocycles. The molecule has 2 aromatic rings. The highest BCUT2D eigenvalue weighted by Gasteiger charge is 2.15. The average molecular weight is 407 g/mol. The van der Waals surface area contributed by atoms with Gasteiger partial charge < -0.3 is 25.1 Å². The van der Waals surface area contributed by atoms with E-state index in [2.05, 4.69) is 33.7 Å². The molecule has 1 aliphatic rings. The van der Waals surface area contributed by atoms with Crippen LogP contribution in [0.1, 0.15) is 25.3 Å². The number of nitrogens with zero attached hydrogens (tertiary/aromatic N) is 1. The lowest BCUT2D eigenvalue weighted by Crippen LogP contribution is -2.38. The van der Waals surface area contributed by atoms with Gasteiger partial charge in [0.25, 0.3) is 0 Å². The smallest absolute Gasteiger partial charge is 0.191 e. The highest BCUT2D eigenvalue weighted by Crippen LogP contribution is 2.22. The first-order valence-corrected chi connectivity index (χ1v) is 10.6. The summed E-state index contributed by atoms with van der Waals surface area (Å²) in [5, 5.41) is 8.65. The second-order valence-electron chi connectivity index (χ2n) is 7.10. The first-order valence-electron chi connectivity index (χ1n) is 10.2. The monoisotopic (exact) mass is 406 g/mol. The van der Waals surface area contributed by atoms with Gasteiger partial charge in [-0.2, -0.15) is 0 Å². The molecule has 6 nitrogen and oxygen atoms in total. The van der Waals surface area contributed by atoms with Gasteiger partial charge in [-0.3, -0.25) is 4.99 Å². The van der Waals surface area contributed by atoms with E-state index >= 15 is 0 Å². The van der Waals surface area contributed by atoms with E-state index in [-0.39, 0.29) is 0 Å². The van der Waals surface area contributed by atoms with Crippen LogP contribution in [0.4, 0.5) is 0 Å². The van der Waals surface area contributed by atoms with Gasteiger partial charge in [0.1, 0.15) is 0 Å². The number of nitrogens with one attached hydrogen (secondary N) is 3. The molecule has 0 saturated carbocycles. The number of halogens is 1. The fraction of sp³-hybridized carbons (Fsp3) is 0.571. The summed E-state index contributed by atoms with van der Waals surface area (Å²) in [5.74, 6) is 1.42. The minimum atomic E-state index is 0.571. The number of H-pyrrole nitrogens is 1. The van der Waals surface area contributed by atoms with Crippen molar-refractivity contribution in [2.75, 3.05) is 46.1 Å². The van der Waals surface area contributed by atoms with Crippen LogP contribution in [0.5, 0.6) is 0 Å². The summed E-state index contributed by atoms with van der Waals surface area (Å²) in [7, 11) is 0. The number of aromatic nitrogens is 1. The molecule has 1 fully saturated rings. The van der Waals surface area contributed by atoms with E-state index in [1.165, 1.54) is 10.9 Å². The molecule has 3 N–H and O–H groups in total. The summed E-state index contributed by atoms with van der Waals surface area (Å²) in [5.41, 5.74) is 2.37. The molecule has 1 atom stereocenters. The number of fused-ring (bicyclic) bond motifs is 1. The second-order valence-corrected chi connectivity index (χ2v) is 7.54. The number of benzene rings is 1. The van der Waals surface area contributed by atoms with Gasteiger partial charge in [0.05, 0.1) is 13.2 Å². The van der Waals surface area contributed by atoms with Crippen molar-refractivity contribution in [2.45, 2.75) is 26.2 Å². The van der Waals surface area contributed by atoms with Crippen molar-refractivity contribution in [1.82, 2.24) is 15.6 Å². The molecule has 2 heterocycles. The highest BCUT2D eigenvalue weighted by atomic mass is 35.5. The van der Waals surface area contributed by atoms with Crippen molar-refractivity contribution in [1.29, 1.82) is 0 Å². The Kier molecular flexibility index (Phi) is 8.45. The fourth-order valence-corrected chi connectivity index (χ4v) is 3.51. The Hall–Kier alpha value is -1.76. The molecule has 1 unspecified atom stereocenters. The molecule has 3 rings (SSSR count). The summed E-state index contributed by atoms with van der Waals surface area (Å²) in [4.78, 5) is 7.94. The molecule has 0 amide bonds. The van der Waals surface area contributed by atoms with Crippen LogP contribution in [0, 0.1) is 5.92 Å². The maximum Gasteiger partial charge on any atom is 0.191 e. The lowest BCUT2D eigenvalue weighted by Gasteiger charge is -2.11. The predicted molar refractivity (Wildman–Crippen MR) is 115 cm³/mol. The van der Waals surface area contributed by atoms with Crippen molar-refractivity contribution in [2.24, 2.45) is 10.9 Å². The topological polar surface area (TPSA) is 70.7 Å². The van der Waals surface area contributed by atoms with Gasteiger partial charge >= 0.3 is 0 Å². The number of hydrogen-bond acceptors (Lipinski definition) is 3. The number of hydrogen-bond donors (Lipinski definition) is 3. The Labute approximate surface area is 172 Å². The van der Waals surface area contributed by atoms with Crippen LogP contribution in [0.25, 0.3) is 10.9 Å². The summed E-state index contributed by atoms with van der Waals surface area (Å²) in [6, 6.07) is 5.94. The van der Waals surface area contributed by atoms with Crippen LogP contribution in [-0.4, -0.2) is 57.0 Å². The first-order chi connectivity index (χ1) is 13.8. The van der Waals surface area contributed by atoms with E-state index in [0.29, 0.717) is 5.92 Å². The number of aliphatic imine (C=N–C) groups is 1. The van der Waals surface area contributed by atoms with Gasteiger partial charge in [-0.25, -0.2) is 0 Å². The fourth-order valence-electron chi connectivity index (χ4n) is 3.34. The summed E-state index contributed by atoms with van der Waals surface area (Å²) in [6.07, 6.45) is 5.00. The van der Waals surface area contributed by atoms with Gasteiger partial charge in [0.15, 0.2) is 5.96 Å². The van der Waals surface area contributed by atoms with Gasteiger partial charge in [0, 0.05) is 60.9 Å². The minimum absolute atomic E-state index is 0.571. The van der Waals surface area contributed by atoms with E-state index in [1.807, 2.05) is 18.2 Å². The zero-order valence-electron chi connectivity index (χ0n) is 16.6. The molecule has 1 aliphatic heterocycles. The molecular formula is C21H31ClN4O2. The van der Waals surface area contributed by atoms with Crippen molar-refractivity contribution in [3.63, 3.8) is 0 Å². The molecular weight excluding hydrogens is 376 g/mol. The third-order valence-corrected chi connectivity index (χ3v) is 5.09. The molecule has 1 saturated heterocycles. The van der Waals surface area contributed by atoms with Crippen LogP contribution >= 0.6 is 11.6 Å². The Balaban J connectivity index is 1.38. The quantitative estimate of drug-likeness (QED) is 0.321. The third-order valence-electron chi connectivity index (χ3n) is 4.85. The molecule has 7 heteroatoms. The molecule has 1 aromatic heterocycles. The molecule has 28 heavy (non-hydrogen) atoms. The van der Waals surface area contributed by atoms with Crippen LogP contribution in [-0.2, 0) is 15.9 Å². The average Bonchev–Trinajstić information content (AvgIpc) is 3.34. The van der Waals surface area contributed by atoms with Crippen LogP contribution in [0.2, 0.25) is 5.02 Å². The molecule has 154 valence electrons. The van der Waals surface area contributed by atoms with Gasteiger partial charge in [0.2, 0.25) is 0 Å². The van der Waals surface area contributed by atoms with Crippen molar-refractivity contribution in [3.8, 4) is 0 Å². The summed E-state index contributed by atoms with van der Waals surface area (Å²) < 4.78 is 11.1. The zero-order valence-corrected chi connectivity index (χ0v) is 17.4. The Morgan fingerprint density at radius 2 is 2.32 bits per heavy atom. The number of ether oxygens (including phenoxy) is 2. The zero-order chi connectivity index (χ0) is 19.6. The van der Waals surface area contributed by atoms with E-state index in [0.717, 1.165) is 81.8 Å². The number of aromatic amines is 1. The molecule has 0 aliphatic carbocycles. The van der Waals surface area contributed by atoms with Crippen molar-refractivity contribution >= 4 is 28.5 Å². The third kappa shape index (κ3) is 6.40. The lowest BCUT2D eigenvalue weighted by atomic mass is 10.1. The molecule has 0 bridgehead atoms. The van der Waals surface area contributed by atoms with E-state index in [1.54, 1.807) is 0 Å². The molecule has 0 spiro atoms. The standard InChI is InChI=1S/C21H31ClN4O2/c1-2-23-21(24-8-3-10-27-14-16-7-11-28-15-16)25-9-6-17-13-26-20-5-4-18(22)12-19(17)20/h4-5,12-13,16,26H,2-3,6-11,14-15H2,1H3,(H2,23,24,25). The highest BCUT2D eigenvalue weighted by molar-refractivity contribution is 6.31. The van der Waals surface area contributed by atoms with Crippen molar-refractivity contribution in [3.05, 3.63) is 35.0 Å². The Bertz CT molecular complexity index is 756. The van der Waals surface area contributed by atoms with Gasteiger partial charge in [-0.1, -0.05) is 11.6 Å². The van der Waals surface area contributed by atoms with Crippen molar-refractivity contribution < 1.29 is 9.47 Å². The van der Waals surface area contributed by atoms with Crippen LogP contribution in [0.15, 0.2) is 29.4 Å². The molecule has 0 radical (unpaired) electrons. The largest absolute Gasteiger partial charge is 0.381 e. The normalized spacial score (nSPS) is 17.4. The predicted octanol–water partition coefficient (Wildman–Crippen LogP) is 3.36. The van der Waals surface area contributed by atoms with Gasteiger partial charge in [-0.05, 0) is 49.9 Å². The van der Waals surface area contributed by atoms with Crippen LogP contribution < -0.4 is 10.6 Å².